The van der Waals surface area contributed by atoms with Crippen molar-refractivity contribution in [3.63, 3.8) is 0 Å². The molecular weight excluding hydrogens is 798 g/mol. The first-order valence-electron chi connectivity index (χ1n) is 17.7. The summed E-state index contributed by atoms with van der Waals surface area (Å²) in [6, 6.07) is 29.5. The number of rotatable bonds is 5. The first-order chi connectivity index (χ1) is 24.0. The number of aromatic nitrogens is 5. The summed E-state index contributed by atoms with van der Waals surface area (Å²) in [5.74, 6) is 1.65. The molecule has 3 aromatic carbocycles. The zero-order chi connectivity index (χ0) is 36.5. The van der Waals surface area contributed by atoms with Crippen molar-refractivity contribution in [2.75, 3.05) is 0 Å². The third-order valence-corrected chi connectivity index (χ3v) is 8.88. The number of hydrogen-bond donors (Lipinski definition) is 0. The maximum Gasteiger partial charge on any atom is 0.267 e. The van der Waals surface area contributed by atoms with E-state index in [9.17, 15) is 0 Å². The fraction of sp³-hybridized carbons (Fsp3) is 0.279. The molecule has 4 aromatic heterocycles. The Morgan fingerprint density at radius 1 is 0.740 bits per heavy atom. The second-order valence-electron chi connectivity index (χ2n) is 15.7. The van der Waals surface area contributed by atoms with E-state index in [1.807, 2.05) is 30.5 Å². The second-order valence-corrected chi connectivity index (χ2v) is 15.7. The Morgan fingerprint density at radius 2 is 1.44 bits per heavy atom. The van der Waals surface area contributed by atoms with E-state index in [0.717, 1.165) is 44.4 Å². The fourth-order valence-electron chi connectivity index (χ4n) is 5.92. The first-order valence-corrected chi connectivity index (χ1v) is 16.7. The van der Waals surface area contributed by atoms with Crippen LogP contribution in [0.3, 0.4) is 0 Å². The fourth-order valence-corrected chi connectivity index (χ4v) is 5.92. The van der Waals surface area contributed by atoms with E-state index in [0.29, 0.717) is 17.2 Å². The summed E-state index contributed by atoms with van der Waals surface area (Å²) in [4.78, 5) is 9.19. The zero-order valence-electron chi connectivity index (χ0n) is 32.0. The molecule has 4 heterocycles. The molecule has 258 valence electrons. The molecule has 0 saturated heterocycles. The molecule has 7 heteroatoms. The van der Waals surface area contributed by atoms with Crippen molar-refractivity contribution < 1.29 is 33.1 Å². The van der Waals surface area contributed by atoms with E-state index >= 15 is 0 Å². The Balaban J connectivity index is 0.00000464. The standard InChI is InChI=1S/C43H43N5O.Pt/c1-41(2,3)29-16-17-45-40(23-29)48-38-13-11-10-12-36(38)37-15-14-34(25-39(37)48)49-35-24-33(26-44-27-35)47-19-18-46(28-47)32-21-30(42(4,5)6)20-31(22-32)43(7,8)9;/h10-23,26-27H,1-9H3;/q-2;/i18D,19D;. The molecule has 0 N–H and O–H groups in total. The molecule has 0 aliphatic carbocycles. The molecule has 0 bridgehead atoms. The molecule has 0 saturated carbocycles. The minimum atomic E-state index is -0.101. The van der Waals surface area contributed by atoms with E-state index in [2.05, 4.69) is 133 Å². The number of pyridine rings is 2. The van der Waals surface area contributed by atoms with Gasteiger partial charge in [0.1, 0.15) is 5.82 Å². The molecule has 0 atom stereocenters. The van der Waals surface area contributed by atoms with Gasteiger partial charge in [0, 0.05) is 56.6 Å². The molecule has 0 amide bonds. The molecule has 0 unspecified atom stereocenters. The number of benzene rings is 3. The Labute approximate surface area is 312 Å². The Hall–Kier alpha value is -4.54. The van der Waals surface area contributed by atoms with Crippen LogP contribution in [0, 0.1) is 18.5 Å². The van der Waals surface area contributed by atoms with Gasteiger partial charge in [-0.15, -0.1) is 23.6 Å². The molecule has 6 nitrogen and oxygen atoms in total. The largest absolute Gasteiger partial charge is 0.508 e. The SMILES string of the molecule is [2H]c1c([2H])[n+](-c2cc(C(C)(C)C)cc(C(C)(C)C)c2)[c-]n1-c1[c-]c(Oc2[c-]c3c(cc2)c2ccccc2n3-c2cc(C(C)(C)C)ccn2)cnc1.[Pt]. The van der Waals surface area contributed by atoms with E-state index in [1.54, 1.807) is 17.0 Å². The van der Waals surface area contributed by atoms with Gasteiger partial charge in [0.15, 0.2) is 0 Å². The summed E-state index contributed by atoms with van der Waals surface area (Å²) in [6.07, 6.45) is 8.23. The van der Waals surface area contributed by atoms with E-state index < -0.39 is 0 Å². The average Bonchev–Trinajstić information content (AvgIpc) is 3.56. The van der Waals surface area contributed by atoms with Crippen molar-refractivity contribution in [3.05, 3.63) is 133 Å². The van der Waals surface area contributed by atoms with Gasteiger partial charge in [-0.2, -0.15) is 6.07 Å². The smallest absolute Gasteiger partial charge is 0.267 e. The van der Waals surface area contributed by atoms with E-state index in [4.69, 9.17) is 12.5 Å². The van der Waals surface area contributed by atoms with Gasteiger partial charge in [-0.25, -0.2) is 4.98 Å². The number of nitrogens with zero attached hydrogens (tertiary/aromatic N) is 5. The number of hydrogen-bond acceptors (Lipinski definition) is 3. The summed E-state index contributed by atoms with van der Waals surface area (Å²) in [6.45, 7) is 19.7. The van der Waals surface area contributed by atoms with Gasteiger partial charge in [-0.3, -0.25) is 4.57 Å². The van der Waals surface area contributed by atoms with Crippen LogP contribution >= 0.6 is 0 Å². The Morgan fingerprint density at radius 3 is 2.14 bits per heavy atom. The van der Waals surface area contributed by atoms with E-state index in [1.165, 1.54) is 10.1 Å². The maximum absolute atomic E-state index is 8.90. The van der Waals surface area contributed by atoms with Crippen LogP contribution in [0.4, 0.5) is 0 Å². The van der Waals surface area contributed by atoms with Crippen LogP contribution in [0.1, 0.15) is 81.7 Å². The van der Waals surface area contributed by atoms with Crippen LogP contribution < -0.4 is 9.30 Å². The van der Waals surface area contributed by atoms with Crippen LogP contribution in [0.5, 0.6) is 11.5 Å². The van der Waals surface area contributed by atoms with Gasteiger partial charge in [-0.1, -0.05) is 98.3 Å². The number of imidazole rings is 1. The molecule has 0 aliphatic heterocycles. The van der Waals surface area contributed by atoms with Crippen LogP contribution in [0.15, 0.2) is 97.7 Å². The first kappa shape index (κ1) is 32.7. The molecule has 7 aromatic rings. The quantitative estimate of drug-likeness (QED) is 0.128. The molecule has 0 aliphatic rings. The third kappa shape index (κ3) is 6.91. The predicted octanol–water partition coefficient (Wildman–Crippen LogP) is 9.72. The molecule has 0 radical (unpaired) electrons. The van der Waals surface area contributed by atoms with Crippen molar-refractivity contribution in [3.8, 4) is 28.7 Å². The molecule has 0 fully saturated rings. The molecule has 50 heavy (non-hydrogen) atoms. The minimum Gasteiger partial charge on any atom is -0.508 e. The minimum absolute atomic E-state index is 0. The molecular formula is C43H43N5OPt-2. The zero-order valence-corrected chi connectivity index (χ0v) is 32.3. The van der Waals surface area contributed by atoms with Gasteiger partial charge in [0.05, 0.1) is 8.43 Å². The van der Waals surface area contributed by atoms with Crippen LogP contribution in [0.2, 0.25) is 0 Å². The van der Waals surface area contributed by atoms with Crippen molar-refractivity contribution in [2.45, 2.75) is 78.6 Å². The van der Waals surface area contributed by atoms with Gasteiger partial charge in [0.2, 0.25) is 0 Å². The van der Waals surface area contributed by atoms with Crippen molar-refractivity contribution in [2.24, 2.45) is 0 Å². The monoisotopic (exact) mass is 842 g/mol. The van der Waals surface area contributed by atoms with Crippen molar-refractivity contribution in [1.29, 1.82) is 0 Å². The average molecular weight is 843 g/mol. The topological polar surface area (TPSA) is 48.8 Å². The van der Waals surface area contributed by atoms with Gasteiger partial charge in [0.25, 0.3) is 6.33 Å². The summed E-state index contributed by atoms with van der Waals surface area (Å²) in [5, 5.41) is 2.14. The summed E-state index contributed by atoms with van der Waals surface area (Å²) < 4.78 is 29.3. The second kappa shape index (κ2) is 13.0. The molecule has 7 rings (SSSR count). The van der Waals surface area contributed by atoms with E-state index in [-0.39, 0.29) is 49.7 Å². The normalized spacial score (nSPS) is 12.9. The summed E-state index contributed by atoms with van der Waals surface area (Å²) in [7, 11) is 0. The summed E-state index contributed by atoms with van der Waals surface area (Å²) in [5.41, 5.74) is 6.34. The summed E-state index contributed by atoms with van der Waals surface area (Å²) >= 11 is 0. The third-order valence-electron chi connectivity index (χ3n) is 8.88. The van der Waals surface area contributed by atoms with Gasteiger partial charge >= 0.3 is 0 Å². The van der Waals surface area contributed by atoms with Crippen molar-refractivity contribution in [1.82, 2.24) is 19.1 Å². The predicted molar refractivity (Wildman–Crippen MR) is 196 cm³/mol. The maximum atomic E-state index is 8.90. The van der Waals surface area contributed by atoms with Crippen molar-refractivity contribution >= 4 is 21.8 Å². The molecule has 0 spiro atoms. The Kier molecular flexibility index (Phi) is 8.47. The van der Waals surface area contributed by atoms with Gasteiger partial charge in [-0.05, 0) is 80.5 Å². The number of fused-ring (bicyclic) bond motifs is 3. The Bertz CT molecular complexity index is 2410. The van der Waals surface area contributed by atoms with Crippen LogP contribution in [-0.4, -0.2) is 19.1 Å². The van der Waals surface area contributed by atoms with Gasteiger partial charge < -0.3 is 18.9 Å². The number of ether oxygens (including phenoxy) is 1. The van der Waals surface area contributed by atoms with Crippen LogP contribution in [0.25, 0.3) is 39.0 Å². The number of para-hydroxylation sites is 1. The van der Waals surface area contributed by atoms with Crippen LogP contribution in [-0.2, 0) is 37.3 Å².